The number of aromatic nitrogens is 1. The normalized spacial score (nSPS) is 27.9. The standard InChI is InChI=1S/C16H17N3O/c20-16(18-15-10-19-7-5-13(15)9-19)12-3-4-14-11(8-12)2-1-6-17-14/h1-4,6,8,13,15H,5,7,9-10H2,(H,18,20)/t13-,15?/m0/s1. The van der Waals surface area contributed by atoms with E-state index in [0.29, 0.717) is 12.0 Å². The molecule has 2 aliphatic heterocycles. The van der Waals surface area contributed by atoms with Gasteiger partial charge in [-0.15, -0.1) is 0 Å². The third-order valence-corrected chi connectivity index (χ3v) is 4.51. The molecule has 4 rings (SSSR count). The molecule has 2 bridgehead atoms. The quantitative estimate of drug-likeness (QED) is 0.900. The van der Waals surface area contributed by atoms with Crippen LogP contribution in [0.25, 0.3) is 10.9 Å². The first kappa shape index (κ1) is 11.9. The van der Waals surface area contributed by atoms with E-state index in [4.69, 9.17) is 0 Å². The van der Waals surface area contributed by atoms with E-state index in [1.807, 2.05) is 30.3 Å². The van der Waals surface area contributed by atoms with Crippen molar-refractivity contribution in [1.29, 1.82) is 0 Å². The fraction of sp³-hybridized carbons (Fsp3) is 0.375. The van der Waals surface area contributed by atoms with Gasteiger partial charge in [0.25, 0.3) is 5.91 Å². The van der Waals surface area contributed by atoms with Crippen molar-refractivity contribution in [2.45, 2.75) is 12.5 Å². The summed E-state index contributed by atoms with van der Waals surface area (Å²) in [5.41, 5.74) is 1.65. The molecule has 4 nitrogen and oxygen atoms in total. The Morgan fingerprint density at radius 3 is 3.05 bits per heavy atom. The zero-order valence-corrected chi connectivity index (χ0v) is 11.2. The molecular weight excluding hydrogens is 250 g/mol. The number of nitrogens with one attached hydrogen (secondary N) is 1. The Morgan fingerprint density at radius 2 is 2.25 bits per heavy atom. The first-order valence-electron chi connectivity index (χ1n) is 7.17. The van der Waals surface area contributed by atoms with Gasteiger partial charge in [0, 0.05) is 36.3 Å². The van der Waals surface area contributed by atoms with Gasteiger partial charge in [0.05, 0.1) is 5.52 Å². The van der Waals surface area contributed by atoms with Crippen LogP contribution in [-0.2, 0) is 0 Å². The fourth-order valence-electron chi connectivity index (χ4n) is 3.42. The SMILES string of the molecule is O=C(NC1CN2CC[C@H]1C2)c1ccc2ncccc2c1. The maximum atomic E-state index is 12.4. The number of piperidine rings is 1. The predicted molar refractivity (Wildman–Crippen MR) is 77.5 cm³/mol. The van der Waals surface area contributed by atoms with Gasteiger partial charge < -0.3 is 10.2 Å². The van der Waals surface area contributed by atoms with Gasteiger partial charge >= 0.3 is 0 Å². The lowest BCUT2D eigenvalue weighted by molar-refractivity contribution is 0.0924. The summed E-state index contributed by atoms with van der Waals surface area (Å²) >= 11 is 0. The van der Waals surface area contributed by atoms with Crippen LogP contribution in [0.2, 0.25) is 0 Å². The molecule has 0 saturated carbocycles. The Kier molecular flexibility index (Phi) is 2.70. The van der Waals surface area contributed by atoms with E-state index in [9.17, 15) is 4.79 Å². The monoisotopic (exact) mass is 267 g/mol. The van der Waals surface area contributed by atoms with Crippen LogP contribution in [0.15, 0.2) is 36.5 Å². The highest BCUT2D eigenvalue weighted by Crippen LogP contribution is 2.28. The van der Waals surface area contributed by atoms with E-state index in [0.717, 1.165) is 29.6 Å². The van der Waals surface area contributed by atoms with Crippen molar-refractivity contribution in [1.82, 2.24) is 15.2 Å². The Morgan fingerprint density at radius 1 is 1.30 bits per heavy atom. The minimum Gasteiger partial charge on any atom is -0.348 e. The lowest BCUT2D eigenvalue weighted by atomic mass is 9.99. The summed E-state index contributed by atoms with van der Waals surface area (Å²) in [6.45, 7) is 3.34. The van der Waals surface area contributed by atoms with Crippen LogP contribution in [0.3, 0.4) is 0 Å². The number of nitrogens with zero attached hydrogens (tertiary/aromatic N) is 2. The molecule has 0 radical (unpaired) electrons. The second kappa shape index (κ2) is 4.56. The van der Waals surface area contributed by atoms with Gasteiger partial charge in [0.1, 0.15) is 0 Å². The number of hydrogen-bond donors (Lipinski definition) is 1. The molecule has 2 fully saturated rings. The molecule has 2 aliphatic rings. The summed E-state index contributed by atoms with van der Waals surface area (Å²) in [5, 5.41) is 4.20. The smallest absolute Gasteiger partial charge is 0.251 e. The summed E-state index contributed by atoms with van der Waals surface area (Å²) in [6, 6.07) is 9.90. The van der Waals surface area contributed by atoms with Gasteiger partial charge in [0.2, 0.25) is 0 Å². The number of amides is 1. The second-order valence-corrected chi connectivity index (χ2v) is 5.80. The van der Waals surface area contributed by atoms with Crippen LogP contribution >= 0.6 is 0 Å². The van der Waals surface area contributed by atoms with Crippen LogP contribution in [0.1, 0.15) is 16.8 Å². The van der Waals surface area contributed by atoms with E-state index in [2.05, 4.69) is 15.2 Å². The molecule has 0 spiro atoms. The Hall–Kier alpha value is -1.94. The number of benzene rings is 1. The van der Waals surface area contributed by atoms with Gasteiger partial charge in [-0.3, -0.25) is 9.78 Å². The molecule has 2 unspecified atom stereocenters. The molecule has 1 amide bonds. The molecule has 4 heteroatoms. The number of pyridine rings is 1. The number of carbonyl (C=O) groups is 1. The van der Waals surface area contributed by atoms with Gasteiger partial charge in [-0.1, -0.05) is 6.07 Å². The van der Waals surface area contributed by atoms with Gasteiger partial charge in [-0.25, -0.2) is 0 Å². The summed E-state index contributed by atoms with van der Waals surface area (Å²) in [7, 11) is 0. The Bertz CT molecular complexity index is 670. The zero-order chi connectivity index (χ0) is 13.5. The first-order chi connectivity index (χ1) is 9.79. The Labute approximate surface area is 117 Å². The van der Waals surface area contributed by atoms with E-state index < -0.39 is 0 Å². The highest BCUT2D eigenvalue weighted by molar-refractivity contribution is 5.98. The largest absolute Gasteiger partial charge is 0.348 e. The van der Waals surface area contributed by atoms with Crippen molar-refractivity contribution in [3.05, 3.63) is 42.1 Å². The first-order valence-corrected chi connectivity index (χ1v) is 7.17. The molecule has 3 atom stereocenters. The molecule has 2 saturated heterocycles. The molecule has 1 aromatic heterocycles. The van der Waals surface area contributed by atoms with Crippen molar-refractivity contribution < 1.29 is 4.79 Å². The molecule has 0 aliphatic carbocycles. The summed E-state index contributed by atoms with van der Waals surface area (Å²) < 4.78 is 0. The zero-order valence-electron chi connectivity index (χ0n) is 11.2. The molecular formula is C16H17N3O. The highest BCUT2D eigenvalue weighted by Gasteiger charge is 2.38. The summed E-state index contributed by atoms with van der Waals surface area (Å²) in [4.78, 5) is 19.1. The van der Waals surface area contributed by atoms with Crippen LogP contribution in [0.4, 0.5) is 0 Å². The number of hydrogen-bond acceptors (Lipinski definition) is 3. The van der Waals surface area contributed by atoms with Gasteiger partial charge in [-0.05, 0) is 43.1 Å². The molecule has 20 heavy (non-hydrogen) atoms. The lowest BCUT2D eigenvalue weighted by Crippen LogP contribution is -2.43. The predicted octanol–water partition coefficient (Wildman–Crippen LogP) is 1.67. The topological polar surface area (TPSA) is 45.2 Å². The van der Waals surface area contributed by atoms with Crippen LogP contribution in [0, 0.1) is 5.92 Å². The molecule has 1 N–H and O–H groups in total. The average molecular weight is 267 g/mol. The third kappa shape index (κ3) is 1.96. The van der Waals surface area contributed by atoms with Crippen molar-refractivity contribution >= 4 is 16.8 Å². The number of fused-ring (bicyclic) bond motifs is 3. The average Bonchev–Trinajstić information content (AvgIpc) is 3.09. The number of rotatable bonds is 2. The molecule has 3 heterocycles. The molecule has 2 aromatic rings. The Balaban J connectivity index is 1.54. The summed E-state index contributed by atoms with van der Waals surface area (Å²) in [5.74, 6) is 0.676. The lowest BCUT2D eigenvalue weighted by Gasteiger charge is -2.23. The van der Waals surface area contributed by atoms with Crippen molar-refractivity contribution in [2.24, 2.45) is 5.92 Å². The maximum absolute atomic E-state index is 12.4. The van der Waals surface area contributed by atoms with Crippen molar-refractivity contribution in [2.75, 3.05) is 19.6 Å². The van der Waals surface area contributed by atoms with Crippen molar-refractivity contribution in [3.63, 3.8) is 0 Å². The van der Waals surface area contributed by atoms with Crippen molar-refractivity contribution in [3.8, 4) is 0 Å². The fourth-order valence-corrected chi connectivity index (χ4v) is 3.42. The van der Waals surface area contributed by atoms with Gasteiger partial charge in [0.15, 0.2) is 0 Å². The van der Waals surface area contributed by atoms with E-state index in [1.165, 1.54) is 13.0 Å². The maximum Gasteiger partial charge on any atom is 0.251 e. The van der Waals surface area contributed by atoms with Crippen LogP contribution in [0.5, 0.6) is 0 Å². The molecule has 1 aromatic carbocycles. The summed E-state index contributed by atoms with van der Waals surface area (Å²) in [6.07, 6.45) is 2.98. The van der Waals surface area contributed by atoms with E-state index in [1.54, 1.807) is 6.20 Å². The van der Waals surface area contributed by atoms with E-state index >= 15 is 0 Å². The second-order valence-electron chi connectivity index (χ2n) is 5.80. The minimum atomic E-state index is 0.0366. The van der Waals surface area contributed by atoms with Gasteiger partial charge in [-0.2, -0.15) is 0 Å². The van der Waals surface area contributed by atoms with Crippen LogP contribution < -0.4 is 5.32 Å². The highest BCUT2D eigenvalue weighted by atomic mass is 16.1. The minimum absolute atomic E-state index is 0.0366. The number of carbonyl (C=O) groups excluding carboxylic acids is 1. The molecule has 102 valence electrons. The van der Waals surface area contributed by atoms with E-state index in [-0.39, 0.29) is 5.91 Å². The third-order valence-electron chi connectivity index (χ3n) is 4.51. The van der Waals surface area contributed by atoms with Crippen LogP contribution in [-0.4, -0.2) is 41.5 Å².